The van der Waals surface area contributed by atoms with Crippen molar-refractivity contribution in [3.8, 4) is 0 Å². The molecule has 1 aliphatic rings. The highest BCUT2D eigenvalue weighted by atomic mass is 79.9. The van der Waals surface area contributed by atoms with Crippen LogP contribution in [0.5, 0.6) is 0 Å². The molecule has 7 heteroatoms. The molecule has 134 valence electrons. The van der Waals surface area contributed by atoms with Crippen LogP contribution >= 0.6 is 15.9 Å². The molecule has 1 amide bonds. The topological polar surface area (TPSA) is 64.2 Å². The zero-order chi connectivity index (χ0) is 18.0. The van der Waals surface area contributed by atoms with Gasteiger partial charge in [0.2, 0.25) is 11.7 Å². The number of nitrogens with zero attached hydrogens (tertiary/aromatic N) is 1. The molecule has 2 aromatic rings. The van der Waals surface area contributed by atoms with E-state index in [9.17, 15) is 9.59 Å². The smallest absolute Gasteiger partial charge is 0.374 e. The standard InChI is InChI=1S/C18H21BrN2O4/c1-3-24-18(23)17-15(14-10-13(19)4-5-16(14)25-17)11-20-6-8-21(9-7-20)12(2)22/h4-5,10H,3,6-9,11H2,1-2H3/p+1. The van der Waals surface area contributed by atoms with E-state index in [-0.39, 0.29) is 11.7 Å². The van der Waals surface area contributed by atoms with Crippen LogP contribution in [0.3, 0.4) is 0 Å². The average Bonchev–Trinajstić information content (AvgIpc) is 2.93. The van der Waals surface area contributed by atoms with Gasteiger partial charge in [-0.05, 0) is 25.1 Å². The minimum Gasteiger partial charge on any atom is -0.460 e. The molecule has 6 nitrogen and oxygen atoms in total. The van der Waals surface area contributed by atoms with Crippen LogP contribution in [-0.2, 0) is 16.1 Å². The number of halogens is 1. The summed E-state index contributed by atoms with van der Waals surface area (Å²) < 4.78 is 11.9. The number of carbonyl (C=O) groups excluding carboxylic acids is 2. The van der Waals surface area contributed by atoms with Crippen LogP contribution in [0.4, 0.5) is 0 Å². The number of piperazine rings is 1. The Hall–Kier alpha value is -1.86. The van der Waals surface area contributed by atoms with Crippen molar-refractivity contribution in [2.45, 2.75) is 20.4 Å². The number of ether oxygens (including phenoxy) is 1. The number of hydrogen-bond acceptors (Lipinski definition) is 4. The maximum Gasteiger partial charge on any atom is 0.374 e. The van der Waals surface area contributed by atoms with Crippen molar-refractivity contribution in [3.05, 3.63) is 34.0 Å². The van der Waals surface area contributed by atoms with Crippen molar-refractivity contribution in [1.82, 2.24) is 4.90 Å². The highest BCUT2D eigenvalue weighted by Gasteiger charge is 2.28. The third-order valence-corrected chi connectivity index (χ3v) is 5.05. The SMILES string of the molecule is CCOC(=O)c1oc2ccc(Br)cc2c1C[NH+]1CCN(C(C)=O)CC1. The first kappa shape index (κ1) is 17.9. The Morgan fingerprint density at radius 2 is 2.04 bits per heavy atom. The van der Waals surface area contributed by atoms with Crippen molar-refractivity contribution < 1.29 is 23.6 Å². The predicted molar refractivity (Wildman–Crippen MR) is 96.5 cm³/mol. The molecule has 0 radical (unpaired) electrons. The number of carbonyl (C=O) groups is 2. The lowest BCUT2D eigenvalue weighted by atomic mass is 10.1. The summed E-state index contributed by atoms with van der Waals surface area (Å²) in [5, 5.41) is 0.930. The molecule has 1 fully saturated rings. The molecule has 0 bridgehead atoms. The Kier molecular flexibility index (Phi) is 5.44. The molecule has 1 saturated heterocycles. The largest absolute Gasteiger partial charge is 0.460 e. The van der Waals surface area contributed by atoms with E-state index in [4.69, 9.17) is 9.15 Å². The Balaban J connectivity index is 1.88. The molecule has 0 atom stereocenters. The van der Waals surface area contributed by atoms with Gasteiger partial charge in [-0.3, -0.25) is 4.79 Å². The summed E-state index contributed by atoms with van der Waals surface area (Å²) in [5.74, 6) is -0.0213. The first-order chi connectivity index (χ1) is 12.0. The molecule has 25 heavy (non-hydrogen) atoms. The fourth-order valence-electron chi connectivity index (χ4n) is 3.22. The Labute approximate surface area is 154 Å². The number of fused-ring (bicyclic) bond motifs is 1. The van der Waals surface area contributed by atoms with E-state index >= 15 is 0 Å². The number of benzene rings is 1. The molecule has 0 unspecified atom stereocenters. The summed E-state index contributed by atoms with van der Waals surface area (Å²) in [6.07, 6.45) is 0. The minimum atomic E-state index is -0.424. The summed E-state index contributed by atoms with van der Waals surface area (Å²) >= 11 is 3.48. The second kappa shape index (κ2) is 7.58. The number of esters is 1. The van der Waals surface area contributed by atoms with Gasteiger partial charge in [0.25, 0.3) is 0 Å². The van der Waals surface area contributed by atoms with Crippen LogP contribution in [0.1, 0.15) is 30.0 Å². The first-order valence-corrected chi connectivity index (χ1v) is 9.26. The molecule has 1 aromatic carbocycles. The van der Waals surface area contributed by atoms with Crippen molar-refractivity contribution in [1.29, 1.82) is 0 Å². The number of hydrogen-bond donors (Lipinski definition) is 1. The van der Waals surface area contributed by atoms with E-state index < -0.39 is 5.97 Å². The van der Waals surface area contributed by atoms with Crippen LogP contribution < -0.4 is 4.90 Å². The lowest BCUT2D eigenvalue weighted by molar-refractivity contribution is -0.917. The minimum absolute atomic E-state index is 0.115. The molecule has 1 N–H and O–H groups in total. The molecule has 2 heterocycles. The summed E-state index contributed by atoms with van der Waals surface area (Å²) in [6.45, 7) is 7.53. The van der Waals surface area contributed by atoms with Gasteiger partial charge in [-0.25, -0.2) is 4.79 Å². The summed E-state index contributed by atoms with van der Waals surface area (Å²) in [7, 11) is 0. The van der Waals surface area contributed by atoms with E-state index in [1.807, 2.05) is 23.1 Å². The van der Waals surface area contributed by atoms with Gasteiger partial charge in [0.05, 0.1) is 38.3 Å². The van der Waals surface area contributed by atoms with Gasteiger partial charge in [-0.1, -0.05) is 15.9 Å². The normalized spacial score (nSPS) is 15.6. The molecular weight excluding hydrogens is 388 g/mol. The fraction of sp³-hybridized carbons (Fsp3) is 0.444. The lowest BCUT2D eigenvalue weighted by Gasteiger charge is -2.31. The quantitative estimate of drug-likeness (QED) is 0.779. The zero-order valence-electron chi connectivity index (χ0n) is 14.4. The number of amides is 1. The molecule has 1 aliphatic heterocycles. The van der Waals surface area contributed by atoms with Crippen LogP contribution in [0, 0.1) is 0 Å². The van der Waals surface area contributed by atoms with E-state index in [2.05, 4.69) is 15.9 Å². The highest BCUT2D eigenvalue weighted by Crippen LogP contribution is 2.29. The predicted octanol–water partition coefficient (Wildman–Crippen LogP) is 1.62. The highest BCUT2D eigenvalue weighted by molar-refractivity contribution is 9.10. The number of quaternary nitrogens is 1. The summed E-state index contributed by atoms with van der Waals surface area (Å²) in [4.78, 5) is 27.0. The molecule has 0 spiro atoms. The van der Waals surface area contributed by atoms with E-state index in [0.29, 0.717) is 18.7 Å². The Bertz CT molecular complexity index is 794. The molecular formula is C18H22BrN2O4+. The van der Waals surface area contributed by atoms with E-state index in [1.54, 1.807) is 13.8 Å². The second-order valence-electron chi connectivity index (χ2n) is 6.20. The third-order valence-electron chi connectivity index (χ3n) is 4.56. The van der Waals surface area contributed by atoms with E-state index in [0.717, 1.165) is 41.6 Å². The van der Waals surface area contributed by atoms with E-state index in [1.165, 1.54) is 4.90 Å². The van der Waals surface area contributed by atoms with Crippen molar-refractivity contribution in [2.24, 2.45) is 0 Å². The molecule has 0 saturated carbocycles. The first-order valence-electron chi connectivity index (χ1n) is 8.46. The lowest BCUT2D eigenvalue weighted by Crippen LogP contribution is -3.13. The van der Waals surface area contributed by atoms with Gasteiger partial charge in [0.15, 0.2) is 0 Å². The second-order valence-corrected chi connectivity index (χ2v) is 7.12. The molecule has 0 aliphatic carbocycles. The Morgan fingerprint density at radius 3 is 2.68 bits per heavy atom. The van der Waals surface area contributed by atoms with Crippen LogP contribution in [-0.4, -0.2) is 49.6 Å². The van der Waals surface area contributed by atoms with Gasteiger partial charge >= 0.3 is 5.97 Å². The number of nitrogens with one attached hydrogen (secondary N) is 1. The van der Waals surface area contributed by atoms with Crippen molar-refractivity contribution in [3.63, 3.8) is 0 Å². The monoisotopic (exact) mass is 409 g/mol. The van der Waals surface area contributed by atoms with Crippen LogP contribution in [0.2, 0.25) is 0 Å². The zero-order valence-corrected chi connectivity index (χ0v) is 16.0. The molecule has 3 rings (SSSR count). The number of rotatable bonds is 4. The molecule has 1 aromatic heterocycles. The summed E-state index contributed by atoms with van der Waals surface area (Å²) in [5.41, 5.74) is 1.56. The van der Waals surface area contributed by atoms with Gasteiger partial charge in [0.1, 0.15) is 12.1 Å². The third kappa shape index (κ3) is 3.88. The van der Waals surface area contributed by atoms with Gasteiger partial charge < -0.3 is 19.0 Å². The van der Waals surface area contributed by atoms with Crippen LogP contribution in [0.25, 0.3) is 11.0 Å². The maximum absolute atomic E-state index is 12.3. The van der Waals surface area contributed by atoms with Gasteiger partial charge in [-0.2, -0.15) is 0 Å². The van der Waals surface area contributed by atoms with Gasteiger partial charge in [-0.15, -0.1) is 0 Å². The average molecular weight is 410 g/mol. The van der Waals surface area contributed by atoms with Crippen molar-refractivity contribution in [2.75, 3.05) is 32.8 Å². The van der Waals surface area contributed by atoms with Crippen molar-refractivity contribution >= 4 is 38.8 Å². The maximum atomic E-state index is 12.3. The number of furan rings is 1. The fourth-order valence-corrected chi connectivity index (χ4v) is 3.58. The van der Waals surface area contributed by atoms with Gasteiger partial charge in [0, 0.05) is 16.8 Å². The summed E-state index contributed by atoms with van der Waals surface area (Å²) in [6, 6.07) is 5.72. The van der Waals surface area contributed by atoms with Crippen LogP contribution in [0.15, 0.2) is 27.1 Å². The Morgan fingerprint density at radius 1 is 1.32 bits per heavy atom.